The molecule has 0 saturated carbocycles. The van der Waals surface area contributed by atoms with E-state index in [1.165, 1.54) is 0 Å². The number of alkyl halides is 1. The maximum atomic E-state index is 3.46. The van der Waals surface area contributed by atoms with Crippen molar-refractivity contribution in [1.29, 1.82) is 0 Å². The first-order chi connectivity index (χ1) is 2.41. The molecule has 0 saturated heterocycles. The third-order valence-electron chi connectivity index (χ3n) is 0.256. The third-order valence-corrected chi connectivity index (χ3v) is 0.630. The highest BCUT2D eigenvalue weighted by Crippen LogP contribution is 1.77. The fourth-order valence-corrected chi connectivity index (χ4v) is 0.327. The molecule has 0 heterocycles. The molecule has 0 atom stereocenters. The van der Waals surface area contributed by atoms with Gasteiger partial charge >= 0.3 is 0 Å². The zero-order chi connectivity index (χ0) is 4.12. The fraction of sp³-hybridized carbons (Fsp3) is 0.250. The van der Waals surface area contributed by atoms with Crippen LogP contribution in [0.25, 0.3) is 0 Å². The smallest absolute Gasteiger partial charge is 0.0212 e. The van der Waals surface area contributed by atoms with Gasteiger partial charge in [-0.15, -0.1) is 0 Å². The molecule has 0 aromatic rings. The van der Waals surface area contributed by atoms with Crippen LogP contribution in [0.2, 0.25) is 0 Å². The van der Waals surface area contributed by atoms with E-state index >= 15 is 0 Å². The van der Waals surface area contributed by atoms with Gasteiger partial charge in [0.25, 0.3) is 0 Å². The third kappa shape index (κ3) is 4.22. The lowest BCUT2D eigenvalue weighted by Crippen LogP contribution is -1.49. The summed E-state index contributed by atoms with van der Waals surface area (Å²) in [5, 5.41) is 0.913. The predicted molar refractivity (Wildman–Crippen MR) is 28.3 cm³/mol. The van der Waals surface area contributed by atoms with Crippen molar-refractivity contribution >= 4 is 15.9 Å². The first-order valence-corrected chi connectivity index (χ1v) is 2.54. The molecule has 5 heavy (non-hydrogen) atoms. The predicted octanol–water partition coefficient (Wildman–Crippen LogP) is 1.77. The molecule has 1 heteroatoms. The Morgan fingerprint density at radius 2 is 2.40 bits per heavy atom. The molecular weight excluding hydrogens is 128 g/mol. The van der Waals surface area contributed by atoms with Crippen LogP contribution in [0.1, 0.15) is 0 Å². The molecule has 0 amide bonds. The van der Waals surface area contributed by atoms with Crippen LogP contribution in [0.4, 0.5) is 0 Å². The van der Waals surface area contributed by atoms with Crippen LogP contribution in [0.5, 0.6) is 0 Å². The van der Waals surface area contributed by atoms with Crippen molar-refractivity contribution in [3.05, 3.63) is 19.1 Å². The van der Waals surface area contributed by atoms with E-state index in [2.05, 4.69) is 22.9 Å². The Bertz CT molecular complexity index is 30.6. The van der Waals surface area contributed by atoms with Crippen LogP contribution in [0, 0.1) is 6.92 Å². The Morgan fingerprint density at radius 3 is 2.40 bits per heavy atom. The Balaban J connectivity index is 2.62. The van der Waals surface area contributed by atoms with Crippen molar-refractivity contribution in [1.82, 2.24) is 0 Å². The molecule has 0 aromatic heterocycles. The summed E-state index contributed by atoms with van der Waals surface area (Å²) in [5.41, 5.74) is 0. The van der Waals surface area contributed by atoms with Crippen molar-refractivity contribution in [2.45, 2.75) is 0 Å². The molecular formula is C4H6Br. The van der Waals surface area contributed by atoms with E-state index in [1.54, 1.807) is 6.08 Å². The van der Waals surface area contributed by atoms with Gasteiger partial charge in [0, 0.05) is 5.33 Å². The molecule has 0 aliphatic heterocycles. The summed E-state index contributed by atoms with van der Waals surface area (Å²) in [4.78, 5) is 0. The van der Waals surface area contributed by atoms with Crippen molar-refractivity contribution in [2.75, 3.05) is 5.33 Å². The summed E-state index contributed by atoms with van der Waals surface area (Å²) in [6.07, 6.45) is 3.69. The average molecular weight is 134 g/mol. The van der Waals surface area contributed by atoms with Gasteiger partial charge in [0.2, 0.25) is 0 Å². The molecule has 0 fully saturated rings. The van der Waals surface area contributed by atoms with E-state index in [0.717, 1.165) is 5.33 Å². The van der Waals surface area contributed by atoms with Crippen LogP contribution in [-0.2, 0) is 0 Å². The highest BCUT2D eigenvalue weighted by molar-refractivity contribution is 9.09. The minimum atomic E-state index is 0.913. The van der Waals surface area contributed by atoms with Gasteiger partial charge in [-0.2, -0.15) is 0 Å². The minimum Gasteiger partial charge on any atom is -0.0883 e. The van der Waals surface area contributed by atoms with Crippen molar-refractivity contribution in [3.63, 3.8) is 0 Å². The van der Waals surface area contributed by atoms with Crippen molar-refractivity contribution in [2.24, 2.45) is 0 Å². The zero-order valence-electron chi connectivity index (χ0n) is 2.95. The highest BCUT2D eigenvalue weighted by atomic mass is 79.9. The van der Waals surface area contributed by atoms with Crippen LogP contribution >= 0.6 is 15.9 Å². The lowest BCUT2D eigenvalue weighted by atomic mass is 10.6. The zero-order valence-corrected chi connectivity index (χ0v) is 4.53. The van der Waals surface area contributed by atoms with Gasteiger partial charge in [-0.05, 0) is 6.92 Å². The monoisotopic (exact) mass is 133 g/mol. The topological polar surface area (TPSA) is 0 Å². The van der Waals surface area contributed by atoms with E-state index in [4.69, 9.17) is 0 Å². The van der Waals surface area contributed by atoms with E-state index in [9.17, 15) is 0 Å². The molecule has 0 unspecified atom stereocenters. The number of hydrogen-bond acceptors (Lipinski definition) is 0. The van der Waals surface area contributed by atoms with E-state index < -0.39 is 0 Å². The van der Waals surface area contributed by atoms with Crippen molar-refractivity contribution in [3.8, 4) is 0 Å². The number of hydrogen-bond donors (Lipinski definition) is 0. The molecule has 0 rings (SSSR count). The largest absolute Gasteiger partial charge is 0.0883 e. The summed E-state index contributed by atoms with van der Waals surface area (Å²) in [5.74, 6) is 0. The molecule has 0 aliphatic rings. The maximum absolute atomic E-state index is 3.46. The second-order valence-corrected chi connectivity index (χ2v) is 1.27. The van der Waals surface area contributed by atoms with E-state index in [0.29, 0.717) is 0 Å². The fourth-order valence-electron chi connectivity index (χ4n) is 0.0630. The summed E-state index contributed by atoms with van der Waals surface area (Å²) in [6.45, 7) is 3.46. The van der Waals surface area contributed by atoms with Gasteiger partial charge in [-0.3, -0.25) is 0 Å². The lowest BCUT2D eigenvalue weighted by Gasteiger charge is -1.63. The molecule has 0 aromatic carbocycles. The first kappa shape index (κ1) is 5.22. The quantitative estimate of drug-likeness (QED) is 0.479. The maximum Gasteiger partial charge on any atom is 0.0212 e. The Kier molecular flexibility index (Phi) is 4.41. The summed E-state index contributed by atoms with van der Waals surface area (Å²) < 4.78 is 0. The van der Waals surface area contributed by atoms with E-state index in [1.807, 2.05) is 6.08 Å². The number of allylic oxidation sites excluding steroid dienone is 2. The first-order valence-electron chi connectivity index (χ1n) is 1.42. The highest BCUT2D eigenvalue weighted by Gasteiger charge is 1.54. The molecule has 0 spiro atoms. The lowest BCUT2D eigenvalue weighted by molar-refractivity contribution is 1.80. The van der Waals surface area contributed by atoms with Gasteiger partial charge in [-0.1, -0.05) is 28.1 Å². The van der Waals surface area contributed by atoms with Crippen LogP contribution in [0.15, 0.2) is 12.2 Å². The Labute approximate surface area is 41.0 Å². The second kappa shape index (κ2) is 4.22. The molecule has 0 nitrogen and oxygen atoms in total. The molecule has 29 valence electrons. The summed E-state index contributed by atoms with van der Waals surface area (Å²) in [7, 11) is 0. The van der Waals surface area contributed by atoms with Crippen molar-refractivity contribution < 1.29 is 0 Å². The van der Waals surface area contributed by atoms with Gasteiger partial charge in [0.1, 0.15) is 0 Å². The number of halogens is 1. The standard InChI is InChI=1S/C4H6Br/c1-2-3-4-5/h2-3H,1,4H2/b3-2+. The van der Waals surface area contributed by atoms with Gasteiger partial charge in [0.15, 0.2) is 0 Å². The number of rotatable bonds is 1. The van der Waals surface area contributed by atoms with Crippen LogP contribution in [0.3, 0.4) is 0 Å². The molecule has 1 radical (unpaired) electrons. The molecule has 0 aliphatic carbocycles. The van der Waals surface area contributed by atoms with Gasteiger partial charge in [0.05, 0.1) is 0 Å². The van der Waals surface area contributed by atoms with Gasteiger partial charge < -0.3 is 0 Å². The van der Waals surface area contributed by atoms with Gasteiger partial charge in [-0.25, -0.2) is 0 Å². The Hall–Kier alpha value is 0.220. The molecule has 0 N–H and O–H groups in total. The summed E-state index contributed by atoms with van der Waals surface area (Å²) in [6, 6.07) is 0. The van der Waals surface area contributed by atoms with E-state index in [-0.39, 0.29) is 0 Å². The minimum absolute atomic E-state index is 0.913. The Morgan fingerprint density at radius 1 is 1.80 bits per heavy atom. The second-order valence-electron chi connectivity index (χ2n) is 0.626. The molecule has 0 bridgehead atoms. The SMILES string of the molecule is [CH2]/C=C/CBr. The average Bonchev–Trinajstić information content (AvgIpc) is 1.41. The van der Waals surface area contributed by atoms with Crippen LogP contribution < -0.4 is 0 Å². The normalized spacial score (nSPS) is 10.0. The summed E-state index contributed by atoms with van der Waals surface area (Å²) >= 11 is 3.18. The van der Waals surface area contributed by atoms with Crippen LogP contribution in [-0.4, -0.2) is 5.33 Å².